The van der Waals surface area contributed by atoms with Crippen molar-refractivity contribution in [3.05, 3.63) is 42.2 Å². The van der Waals surface area contributed by atoms with Crippen molar-refractivity contribution in [2.24, 2.45) is 11.7 Å². The third kappa shape index (κ3) is 2.58. The zero-order chi connectivity index (χ0) is 13.2. The van der Waals surface area contributed by atoms with Gasteiger partial charge in [0.25, 0.3) is 5.91 Å². The number of amides is 1. The van der Waals surface area contributed by atoms with Crippen LogP contribution in [0.2, 0.25) is 0 Å². The number of rotatable bonds is 4. The predicted octanol–water partition coefficient (Wildman–Crippen LogP) is 1.70. The normalized spacial score (nSPS) is 16.3. The maximum Gasteiger partial charge on any atom is 0.270 e. The summed E-state index contributed by atoms with van der Waals surface area (Å²) in [5.74, 6) is 0.439. The lowest BCUT2D eigenvalue weighted by Gasteiger charge is -2.12. The van der Waals surface area contributed by atoms with Gasteiger partial charge in [0.15, 0.2) is 0 Å². The SMILES string of the molecule is NC(CNC(=O)c1nccc2ccccc12)C1CC1. The van der Waals surface area contributed by atoms with Gasteiger partial charge in [0.1, 0.15) is 5.69 Å². The number of aromatic nitrogens is 1. The summed E-state index contributed by atoms with van der Waals surface area (Å²) in [7, 11) is 0. The zero-order valence-electron chi connectivity index (χ0n) is 10.7. The number of hydrogen-bond donors (Lipinski definition) is 2. The Morgan fingerprint density at radius 1 is 1.37 bits per heavy atom. The fourth-order valence-electron chi connectivity index (χ4n) is 2.29. The maximum atomic E-state index is 12.2. The van der Waals surface area contributed by atoms with E-state index >= 15 is 0 Å². The summed E-state index contributed by atoms with van der Waals surface area (Å²) in [6, 6.07) is 9.73. The molecule has 1 unspecified atom stereocenters. The number of nitrogens with one attached hydrogen (secondary N) is 1. The fraction of sp³-hybridized carbons (Fsp3) is 0.333. The van der Waals surface area contributed by atoms with Gasteiger partial charge in [0.2, 0.25) is 0 Å². The van der Waals surface area contributed by atoms with Crippen LogP contribution in [0.1, 0.15) is 23.3 Å². The van der Waals surface area contributed by atoms with Gasteiger partial charge in [0.05, 0.1) is 0 Å². The van der Waals surface area contributed by atoms with Crippen LogP contribution in [0.5, 0.6) is 0 Å². The number of nitrogens with zero attached hydrogens (tertiary/aromatic N) is 1. The molecule has 0 spiro atoms. The molecule has 3 rings (SSSR count). The summed E-state index contributed by atoms with van der Waals surface area (Å²) < 4.78 is 0. The molecule has 1 fully saturated rings. The number of nitrogens with two attached hydrogens (primary N) is 1. The van der Waals surface area contributed by atoms with Crippen molar-refractivity contribution in [1.82, 2.24) is 10.3 Å². The highest BCUT2D eigenvalue weighted by Gasteiger charge is 2.28. The van der Waals surface area contributed by atoms with Crippen molar-refractivity contribution in [3.63, 3.8) is 0 Å². The third-order valence-corrected chi connectivity index (χ3v) is 3.61. The first-order chi connectivity index (χ1) is 9.25. The van der Waals surface area contributed by atoms with E-state index in [1.165, 1.54) is 12.8 Å². The molecule has 0 radical (unpaired) electrons. The lowest BCUT2D eigenvalue weighted by molar-refractivity contribution is 0.0947. The van der Waals surface area contributed by atoms with Gasteiger partial charge in [-0.05, 0) is 30.2 Å². The first kappa shape index (κ1) is 12.1. The molecule has 1 aromatic carbocycles. The molecule has 1 saturated carbocycles. The minimum Gasteiger partial charge on any atom is -0.349 e. The highest BCUT2D eigenvalue weighted by atomic mass is 16.1. The molecule has 0 saturated heterocycles. The van der Waals surface area contributed by atoms with Crippen LogP contribution in [0, 0.1) is 5.92 Å². The van der Waals surface area contributed by atoms with Crippen molar-refractivity contribution < 1.29 is 4.79 Å². The summed E-state index contributed by atoms with van der Waals surface area (Å²) in [6.45, 7) is 0.522. The number of carbonyl (C=O) groups excluding carboxylic acids is 1. The molecule has 1 amide bonds. The summed E-state index contributed by atoms with van der Waals surface area (Å²) in [6.07, 6.45) is 4.03. The van der Waals surface area contributed by atoms with E-state index in [0.29, 0.717) is 18.2 Å². The quantitative estimate of drug-likeness (QED) is 0.873. The average molecular weight is 255 g/mol. The lowest BCUT2D eigenvalue weighted by atomic mass is 10.1. The van der Waals surface area contributed by atoms with E-state index in [1.54, 1.807) is 6.20 Å². The van der Waals surface area contributed by atoms with Gasteiger partial charge >= 0.3 is 0 Å². The molecule has 0 bridgehead atoms. The van der Waals surface area contributed by atoms with E-state index < -0.39 is 0 Å². The standard InChI is InChI=1S/C15H17N3O/c16-13(11-5-6-11)9-18-15(19)14-12-4-2-1-3-10(12)7-8-17-14/h1-4,7-8,11,13H,5-6,9,16H2,(H,18,19). The second kappa shape index (κ2) is 4.97. The van der Waals surface area contributed by atoms with E-state index in [9.17, 15) is 4.79 Å². The molecule has 1 atom stereocenters. The Labute approximate surface area is 112 Å². The van der Waals surface area contributed by atoms with Crippen LogP contribution in [0.25, 0.3) is 10.8 Å². The highest BCUT2D eigenvalue weighted by Crippen LogP contribution is 2.31. The van der Waals surface area contributed by atoms with Gasteiger partial charge in [-0.2, -0.15) is 0 Å². The Kier molecular flexibility index (Phi) is 3.17. The summed E-state index contributed by atoms with van der Waals surface area (Å²) in [4.78, 5) is 16.4. The van der Waals surface area contributed by atoms with Crippen LogP contribution in [0.15, 0.2) is 36.5 Å². The highest BCUT2D eigenvalue weighted by molar-refractivity contribution is 6.05. The van der Waals surface area contributed by atoms with Gasteiger partial charge in [-0.3, -0.25) is 9.78 Å². The van der Waals surface area contributed by atoms with Crippen LogP contribution in [-0.2, 0) is 0 Å². The average Bonchev–Trinajstić information content (AvgIpc) is 3.28. The molecule has 1 aliphatic rings. The Balaban J connectivity index is 1.77. The Hall–Kier alpha value is -1.94. The number of fused-ring (bicyclic) bond motifs is 1. The second-order valence-electron chi connectivity index (χ2n) is 5.09. The lowest BCUT2D eigenvalue weighted by Crippen LogP contribution is -2.38. The predicted molar refractivity (Wildman–Crippen MR) is 74.8 cm³/mol. The van der Waals surface area contributed by atoms with Gasteiger partial charge in [-0.1, -0.05) is 24.3 Å². The number of benzene rings is 1. The maximum absolute atomic E-state index is 12.2. The first-order valence-electron chi connectivity index (χ1n) is 6.63. The molecular formula is C15H17N3O. The Bertz CT molecular complexity index is 602. The van der Waals surface area contributed by atoms with E-state index in [2.05, 4.69) is 10.3 Å². The summed E-state index contributed by atoms with van der Waals surface area (Å²) in [5.41, 5.74) is 6.46. The smallest absolute Gasteiger partial charge is 0.270 e. The molecule has 1 aliphatic carbocycles. The van der Waals surface area contributed by atoms with E-state index in [-0.39, 0.29) is 11.9 Å². The van der Waals surface area contributed by atoms with Crippen molar-refractivity contribution in [3.8, 4) is 0 Å². The number of pyridine rings is 1. The minimum atomic E-state index is -0.145. The third-order valence-electron chi connectivity index (χ3n) is 3.61. The minimum absolute atomic E-state index is 0.0685. The molecule has 2 aromatic rings. The van der Waals surface area contributed by atoms with Crippen molar-refractivity contribution >= 4 is 16.7 Å². The number of carbonyl (C=O) groups is 1. The van der Waals surface area contributed by atoms with E-state index in [1.807, 2.05) is 30.3 Å². The number of hydrogen-bond acceptors (Lipinski definition) is 3. The first-order valence-corrected chi connectivity index (χ1v) is 6.63. The van der Waals surface area contributed by atoms with Gasteiger partial charge in [-0.15, -0.1) is 0 Å². The molecule has 1 heterocycles. The fourth-order valence-corrected chi connectivity index (χ4v) is 2.29. The molecule has 3 N–H and O–H groups in total. The topological polar surface area (TPSA) is 68.0 Å². The molecule has 4 nitrogen and oxygen atoms in total. The molecule has 4 heteroatoms. The molecular weight excluding hydrogens is 238 g/mol. The largest absolute Gasteiger partial charge is 0.349 e. The second-order valence-corrected chi connectivity index (χ2v) is 5.09. The summed E-state index contributed by atoms with van der Waals surface area (Å²) >= 11 is 0. The van der Waals surface area contributed by atoms with Crippen LogP contribution in [0.4, 0.5) is 0 Å². The van der Waals surface area contributed by atoms with Gasteiger partial charge < -0.3 is 11.1 Å². The van der Waals surface area contributed by atoms with Gasteiger partial charge in [-0.25, -0.2) is 0 Å². The van der Waals surface area contributed by atoms with Gasteiger partial charge in [0, 0.05) is 24.2 Å². The molecule has 98 valence electrons. The van der Waals surface area contributed by atoms with Crippen molar-refractivity contribution in [2.45, 2.75) is 18.9 Å². The summed E-state index contributed by atoms with van der Waals surface area (Å²) in [5, 5.41) is 4.79. The monoisotopic (exact) mass is 255 g/mol. The Morgan fingerprint density at radius 3 is 2.95 bits per heavy atom. The molecule has 19 heavy (non-hydrogen) atoms. The molecule has 1 aromatic heterocycles. The van der Waals surface area contributed by atoms with Crippen LogP contribution >= 0.6 is 0 Å². The van der Waals surface area contributed by atoms with Crippen LogP contribution in [-0.4, -0.2) is 23.5 Å². The van der Waals surface area contributed by atoms with Crippen molar-refractivity contribution in [2.75, 3.05) is 6.54 Å². The molecule has 0 aliphatic heterocycles. The van der Waals surface area contributed by atoms with E-state index in [4.69, 9.17) is 5.73 Å². The van der Waals surface area contributed by atoms with Crippen LogP contribution < -0.4 is 11.1 Å². The van der Waals surface area contributed by atoms with Crippen molar-refractivity contribution in [1.29, 1.82) is 0 Å². The Morgan fingerprint density at radius 2 is 2.16 bits per heavy atom. The van der Waals surface area contributed by atoms with E-state index in [0.717, 1.165) is 10.8 Å². The zero-order valence-corrected chi connectivity index (χ0v) is 10.7. The van der Waals surface area contributed by atoms with Crippen LogP contribution in [0.3, 0.4) is 0 Å².